The molecule has 0 aliphatic heterocycles. The lowest BCUT2D eigenvalue weighted by Crippen LogP contribution is -2.31. The van der Waals surface area contributed by atoms with E-state index in [-0.39, 0.29) is 12.3 Å². The molecular weight excluding hydrogens is 256 g/mol. The molecule has 1 saturated carbocycles. The molecule has 1 aliphatic carbocycles. The highest BCUT2D eigenvalue weighted by molar-refractivity contribution is 6.04. The maximum absolute atomic E-state index is 12.0. The van der Waals surface area contributed by atoms with E-state index in [1.165, 1.54) is 0 Å². The SMILES string of the molecule is Cc1cccc(NC(=O)CC2(O)CCCC2)c1C(N)=O. The van der Waals surface area contributed by atoms with Gasteiger partial charge in [0.1, 0.15) is 0 Å². The quantitative estimate of drug-likeness (QED) is 0.782. The van der Waals surface area contributed by atoms with Crippen LogP contribution in [-0.2, 0) is 4.79 Å². The van der Waals surface area contributed by atoms with Crippen LogP contribution < -0.4 is 11.1 Å². The lowest BCUT2D eigenvalue weighted by Gasteiger charge is -2.21. The second-order valence-corrected chi connectivity index (χ2v) is 5.52. The fourth-order valence-electron chi connectivity index (χ4n) is 2.80. The molecular formula is C15H20N2O3. The van der Waals surface area contributed by atoms with Gasteiger partial charge in [0.2, 0.25) is 5.91 Å². The Morgan fingerprint density at radius 1 is 1.35 bits per heavy atom. The third-order valence-corrected chi connectivity index (χ3v) is 3.82. The van der Waals surface area contributed by atoms with Crippen molar-refractivity contribution in [1.29, 1.82) is 0 Å². The third-order valence-electron chi connectivity index (χ3n) is 3.82. The largest absolute Gasteiger partial charge is 0.389 e. The van der Waals surface area contributed by atoms with Crippen molar-refractivity contribution >= 4 is 17.5 Å². The van der Waals surface area contributed by atoms with E-state index >= 15 is 0 Å². The van der Waals surface area contributed by atoms with E-state index in [1.54, 1.807) is 25.1 Å². The summed E-state index contributed by atoms with van der Waals surface area (Å²) in [5.74, 6) is -0.861. The van der Waals surface area contributed by atoms with E-state index in [2.05, 4.69) is 5.32 Å². The Balaban J connectivity index is 2.12. The van der Waals surface area contributed by atoms with Crippen molar-refractivity contribution in [2.75, 3.05) is 5.32 Å². The molecule has 1 fully saturated rings. The molecule has 0 aromatic heterocycles. The standard InChI is InChI=1S/C15H20N2O3/c1-10-5-4-6-11(13(10)14(16)19)17-12(18)9-15(20)7-2-3-8-15/h4-6,20H,2-3,7-9H2,1H3,(H2,16,19)(H,17,18). The zero-order valence-corrected chi connectivity index (χ0v) is 11.6. The third kappa shape index (κ3) is 3.17. The number of primary amides is 1. The summed E-state index contributed by atoms with van der Waals surface area (Å²) >= 11 is 0. The Bertz CT molecular complexity index is 534. The van der Waals surface area contributed by atoms with Gasteiger partial charge in [0.25, 0.3) is 5.91 Å². The molecule has 0 saturated heterocycles. The van der Waals surface area contributed by atoms with Crippen LogP contribution in [0.5, 0.6) is 0 Å². The zero-order chi connectivity index (χ0) is 14.8. The minimum atomic E-state index is -0.902. The summed E-state index contributed by atoms with van der Waals surface area (Å²) in [4.78, 5) is 23.5. The summed E-state index contributed by atoms with van der Waals surface area (Å²) in [7, 11) is 0. The number of nitrogens with two attached hydrogens (primary N) is 1. The first-order valence-electron chi connectivity index (χ1n) is 6.83. The van der Waals surface area contributed by atoms with Gasteiger partial charge >= 0.3 is 0 Å². The fraction of sp³-hybridized carbons (Fsp3) is 0.467. The van der Waals surface area contributed by atoms with Crippen LogP contribution in [0.2, 0.25) is 0 Å². The maximum atomic E-state index is 12.0. The smallest absolute Gasteiger partial charge is 0.251 e. The Morgan fingerprint density at radius 2 is 2.00 bits per heavy atom. The molecule has 5 nitrogen and oxygen atoms in total. The molecule has 0 unspecified atom stereocenters. The summed E-state index contributed by atoms with van der Waals surface area (Å²) in [5.41, 5.74) is 5.88. The van der Waals surface area contributed by atoms with Crippen LogP contribution in [0.1, 0.15) is 48.0 Å². The molecule has 20 heavy (non-hydrogen) atoms. The average molecular weight is 276 g/mol. The Kier molecular flexibility index (Phi) is 4.09. The normalized spacial score (nSPS) is 16.9. The van der Waals surface area contributed by atoms with Crippen molar-refractivity contribution in [3.05, 3.63) is 29.3 Å². The van der Waals surface area contributed by atoms with Gasteiger partial charge in [-0.05, 0) is 31.4 Å². The van der Waals surface area contributed by atoms with Crippen LogP contribution in [-0.4, -0.2) is 22.5 Å². The Morgan fingerprint density at radius 3 is 2.60 bits per heavy atom. The predicted octanol–water partition coefficient (Wildman–Crippen LogP) is 1.73. The van der Waals surface area contributed by atoms with Crippen LogP contribution in [0.4, 0.5) is 5.69 Å². The maximum Gasteiger partial charge on any atom is 0.251 e. The van der Waals surface area contributed by atoms with Gasteiger partial charge in [-0.3, -0.25) is 9.59 Å². The van der Waals surface area contributed by atoms with Crippen LogP contribution in [0, 0.1) is 6.92 Å². The van der Waals surface area contributed by atoms with Crippen molar-refractivity contribution in [3.63, 3.8) is 0 Å². The highest BCUT2D eigenvalue weighted by atomic mass is 16.3. The van der Waals surface area contributed by atoms with Crippen LogP contribution >= 0.6 is 0 Å². The summed E-state index contributed by atoms with van der Waals surface area (Å²) in [6.07, 6.45) is 3.24. The van der Waals surface area contributed by atoms with Gasteiger partial charge in [-0.1, -0.05) is 25.0 Å². The summed E-state index contributed by atoms with van der Waals surface area (Å²) in [6.45, 7) is 1.76. The second-order valence-electron chi connectivity index (χ2n) is 5.52. The van der Waals surface area contributed by atoms with Gasteiger partial charge in [0.15, 0.2) is 0 Å². The van der Waals surface area contributed by atoms with Crippen LogP contribution in [0.25, 0.3) is 0 Å². The predicted molar refractivity (Wildman–Crippen MR) is 76.4 cm³/mol. The lowest BCUT2D eigenvalue weighted by molar-refractivity contribution is -0.120. The molecule has 0 radical (unpaired) electrons. The number of aliphatic hydroxyl groups is 1. The molecule has 1 aliphatic rings. The monoisotopic (exact) mass is 276 g/mol. The number of carbonyl (C=O) groups excluding carboxylic acids is 2. The minimum Gasteiger partial charge on any atom is -0.389 e. The van der Waals surface area contributed by atoms with Gasteiger partial charge < -0.3 is 16.2 Å². The second kappa shape index (κ2) is 5.63. The molecule has 2 rings (SSSR count). The number of hydrogen-bond donors (Lipinski definition) is 3. The van der Waals surface area contributed by atoms with Gasteiger partial charge in [0.05, 0.1) is 23.3 Å². The number of carbonyl (C=O) groups is 2. The number of benzene rings is 1. The highest BCUT2D eigenvalue weighted by Gasteiger charge is 2.33. The number of rotatable bonds is 4. The summed E-state index contributed by atoms with van der Waals surface area (Å²) in [5, 5.41) is 12.9. The highest BCUT2D eigenvalue weighted by Crippen LogP contribution is 2.32. The van der Waals surface area contributed by atoms with E-state index in [9.17, 15) is 14.7 Å². The topological polar surface area (TPSA) is 92.4 Å². The van der Waals surface area contributed by atoms with Crippen molar-refractivity contribution < 1.29 is 14.7 Å². The van der Waals surface area contributed by atoms with Crippen molar-refractivity contribution in [1.82, 2.24) is 0 Å². The molecule has 108 valence electrons. The Labute approximate surface area is 118 Å². The van der Waals surface area contributed by atoms with Crippen molar-refractivity contribution in [2.45, 2.75) is 44.6 Å². The number of hydrogen-bond acceptors (Lipinski definition) is 3. The fourth-order valence-corrected chi connectivity index (χ4v) is 2.80. The van der Waals surface area contributed by atoms with E-state index in [4.69, 9.17) is 5.73 Å². The number of amides is 2. The van der Waals surface area contributed by atoms with E-state index in [0.717, 1.165) is 18.4 Å². The van der Waals surface area contributed by atoms with E-state index in [0.29, 0.717) is 24.1 Å². The van der Waals surface area contributed by atoms with Crippen molar-refractivity contribution in [3.8, 4) is 0 Å². The summed E-state index contributed by atoms with van der Waals surface area (Å²) in [6, 6.07) is 5.16. The van der Waals surface area contributed by atoms with Crippen LogP contribution in [0.3, 0.4) is 0 Å². The lowest BCUT2D eigenvalue weighted by atomic mass is 9.97. The molecule has 0 bridgehead atoms. The van der Waals surface area contributed by atoms with Gasteiger partial charge in [-0.2, -0.15) is 0 Å². The molecule has 5 heteroatoms. The number of aryl methyl sites for hydroxylation is 1. The van der Waals surface area contributed by atoms with Gasteiger partial charge in [-0.25, -0.2) is 0 Å². The first-order valence-corrected chi connectivity index (χ1v) is 6.83. The van der Waals surface area contributed by atoms with E-state index < -0.39 is 11.5 Å². The van der Waals surface area contributed by atoms with Gasteiger partial charge in [-0.15, -0.1) is 0 Å². The van der Waals surface area contributed by atoms with Crippen LogP contribution in [0.15, 0.2) is 18.2 Å². The first-order chi connectivity index (χ1) is 9.41. The average Bonchev–Trinajstić information content (AvgIpc) is 2.74. The molecule has 1 aromatic carbocycles. The number of nitrogens with one attached hydrogen (secondary N) is 1. The van der Waals surface area contributed by atoms with E-state index in [1.807, 2.05) is 0 Å². The summed E-state index contributed by atoms with van der Waals surface area (Å²) < 4.78 is 0. The first kappa shape index (κ1) is 14.5. The molecule has 0 spiro atoms. The minimum absolute atomic E-state index is 0.0547. The molecule has 0 heterocycles. The Hall–Kier alpha value is -1.88. The molecule has 0 atom stereocenters. The van der Waals surface area contributed by atoms with Gasteiger partial charge in [0, 0.05) is 0 Å². The molecule has 1 aromatic rings. The zero-order valence-electron chi connectivity index (χ0n) is 11.6. The number of anilines is 1. The molecule has 2 amide bonds. The van der Waals surface area contributed by atoms with Crippen molar-refractivity contribution in [2.24, 2.45) is 5.73 Å². The molecule has 4 N–H and O–H groups in total.